The van der Waals surface area contributed by atoms with Crippen LogP contribution in [0.4, 0.5) is 0 Å². The summed E-state index contributed by atoms with van der Waals surface area (Å²) < 4.78 is 18.3. The Hall–Kier alpha value is -1.71. The van der Waals surface area contributed by atoms with Gasteiger partial charge in [-0.1, -0.05) is 83.1 Å². The van der Waals surface area contributed by atoms with Gasteiger partial charge in [-0.05, 0) is 35.5 Å². The molecule has 0 radical (unpaired) electrons. The highest BCUT2D eigenvalue weighted by Gasteiger charge is 2.42. The van der Waals surface area contributed by atoms with Gasteiger partial charge in [-0.3, -0.25) is 14.4 Å². The predicted molar refractivity (Wildman–Crippen MR) is 187 cm³/mol. The summed E-state index contributed by atoms with van der Waals surface area (Å²) in [6, 6.07) is 1.24. The second-order valence-corrected chi connectivity index (χ2v) is 17.0. The third-order valence-corrected chi connectivity index (χ3v) is 11.0. The van der Waals surface area contributed by atoms with Gasteiger partial charge in [0.15, 0.2) is 5.92 Å². The van der Waals surface area contributed by atoms with Crippen LogP contribution in [0.25, 0.3) is 0 Å². The first-order valence-electron chi connectivity index (χ1n) is 18.8. The zero-order valence-corrected chi connectivity index (χ0v) is 31.6. The van der Waals surface area contributed by atoms with Crippen LogP contribution >= 0.6 is 0 Å². The van der Waals surface area contributed by atoms with E-state index >= 15 is 0 Å². The van der Waals surface area contributed by atoms with Crippen LogP contribution in [0.1, 0.15) is 128 Å². The molecular formula is C38H69N3O6. The predicted octanol–water partition coefficient (Wildman–Crippen LogP) is 6.03. The van der Waals surface area contributed by atoms with Crippen molar-refractivity contribution < 1.29 is 28.6 Å². The molecule has 6 unspecified atom stereocenters. The molecule has 3 rings (SSSR count). The molecule has 9 nitrogen and oxygen atoms in total. The fraction of sp³-hybridized carbons (Fsp3) is 0.921. The van der Waals surface area contributed by atoms with E-state index in [9.17, 15) is 14.4 Å². The molecule has 0 bridgehead atoms. The van der Waals surface area contributed by atoms with E-state index in [2.05, 4.69) is 99.0 Å². The van der Waals surface area contributed by atoms with Gasteiger partial charge in [0, 0.05) is 74.8 Å². The number of esters is 3. The average molecular weight is 664 g/mol. The van der Waals surface area contributed by atoms with E-state index in [1.807, 2.05) is 0 Å². The second-order valence-electron chi connectivity index (χ2n) is 17.0. The van der Waals surface area contributed by atoms with Crippen molar-refractivity contribution in [2.24, 2.45) is 41.4 Å². The molecule has 3 aliphatic rings. The summed E-state index contributed by atoms with van der Waals surface area (Å²) in [5.74, 6) is -1.02. The Morgan fingerprint density at radius 1 is 0.447 bits per heavy atom. The van der Waals surface area contributed by atoms with Gasteiger partial charge in [0.25, 0.3) is 0 Å². The van der Waals surface area contributed by atoms with Crippen molar-refractivity contribution in [3.63, 3.8) is 0 Å². The summed E-state index contributed by atoms with van der Waals surface area (Å²) in [5, 5.41) is 11.2. The summed E-state index contributed by atoms with van der Waals surface area (Å²) >= 11 is 0. The van der Waals surface area contributed by atoms with E-state index in [1.54, 1.807) is 0 Å². The molecule has 0 aromatic rings. The van der Waals surface area contributed by atoms with E-state index in [1.165, 1.54) is 0 Å². The van der Waals surface area contributed by atoms with Crippen LogP contribution in [-0.2, 0) is 28.6 Å². The largest absolute Gasteiger partial charge is 0.462 e. The molecule has 3 fully saturated rings. The van der Waals surface area contributed by atoms with Crippen molar-refractivity contribution in [3.8, 4) is 0 Å². The van der Waals surface area contributed by atoms with Crippen molar-refractivity contribution in [3.05, 3.63) is 0 Å². The highest BCUT2D eigenvalue weighted by atomic mass is 16.6. The zero-order valence-electron chi connectivity index (χ0n) is 31.6. The molecule has 0 saturated carbocycles. The number of hydrogen-bond acceptors (Lipinski definition) is 9. The fourth-order valence-corrected chi connectivity index (χ4v) is 7.45. The number of ether oxygens (including phenoxy) is 3. The van der Waals surface area contributed by atoms with Gasteiger partial charge in [-0.15, -0.1) is 0 Å². The van der Waals surface area contributed by atoms with Crippen LogP contribution in [0.5, 0.6) is 0 Å². The first kappa shape index (κ1) is 39.7. The highest BCUT2D eigenvalue weighted by molar-refractivity contribution is 5.98. The lowest BCUT2D eigenvalue weighted by Crippen LogP contribution is -2.53. The molecular weight excluding hydrogens is 594 g/mol. The van der Waals surface area contributed by atoms with Crippen LogP contribution < -0.4 is 16.0 Å². The zero-order chi connectivity index (χ0) is 35.2. The van der Waals surface area contributed by atoms with Crippen molar-refractivity contribution in [1.29, 1.82) is 0 Å². The molecule has 0 aromatic heterocycles. The van der Waals surface area contributed by atoms with Gasteiger partial charge < -0.3 is 30.2 Å². The second kappa shape index (κ2) is 17.8. The van der Waals surface area contributed by atoms with Gasteiger partial charge in [-0.25, -0.2) is 0 Å². The normalized spacial score (nSPS) is 32.7. The smallest absolute Gasteiger partial charge is 0.321 e. The van der Waals surface area contributed by atoms with Crippen LogP contribution in [-0.4, -0.2) is 72.5 Å². The molecule has 3 heterocycles. The number of nitrogens with one attached hydrogen (secondary N) is 3. The summed E-state index contributed by atoms with van der Waals surface area (Å²) in [7, 11) is 0. The van der Waals surface area contributed by atoms with E-state index < -0.39 is 23.8 Å². The van der Waals surface area contributed by atoms with Gasteiger partial charge in [0.05, 0.1) is 6.42 Å². The molecule has 272 valence electrons. The van der Waals surface area contributed by atoms with Gasteiger partial charge in [0.1, 0.15) is 18.3 Å². The first-order valence-corrected chi connectivity index (χ1v) is 18.8. The lowest BCUT2D eigenvalue weighted by molar-refractivity contribution is -0.176. The van der Waals surface area contributed by atoms with Crippen LogP contribution in [0.2, 0.25) is 0 Å². The van der Waals surface area contributed by atoms with Crippen molar-refractivity contribution in [2.75, 3.05) is 0 Å². The van der Waals surface area contributed by atoms with E-state index in [-0.39, 0.29) is 61.0 Å². The maximum absolute atomic E-state index is 13.9. The van der Waals surface area contributed by atoms with Crippen molar-refractivity contribution in [2.45, 2.75) is 183 Å². The average Bonchev–Trinajstić information content (AvgIpc) is 2.98. The molecule has 0 aliphatic carbocycles. The van der Waals surface area contributed by atoms with Crippen LogP contribution in [0.15, 0.2) is 0 Å². The van der Waals surface area contributed by atoms with Crippen LogP contribution in [0, 0.1) is 41.4 Å². The Morgan fingerprint density at radius 2 is 0.681 bits per heavy atom. The molecule has 6 atom stereocenters. The minimum Gasteiger partial charge on any atom is -0.462 e. The summed E-state index contributed by atoms with van der Waals surface area (Å²) in [6.45, 7) is 26.0. The summed E-state index contributed by atoms with van der Waals surface area (Å²) in [5.41, 5.74) is 0. The third kappa shape index (κ3) is 11.7. The molecule has 9 heteroatoms. The van der Waals surface area contributed by atoms with E-state index in [4.69, 9.17) is 14.2 Å². The topological polar surface area (TPSA) is 115 Å². The number of carbonyl (C=O) groups is 3. The summed E-state index contributed by atoms with van der Waals surface area (Å²) in [6.07, 6.45) is 2.75. The number of piperidine rings is 3. The minimum atomic E-state index is -1.36. The molecule has 0 spiro atoms. The third-order valence-electron chi connectivity index (χ3n) is 11.0. The molecule has 3 aliphatic heterocycles. The monoisotopic (exact) mass is 664 g/mol. The minimum absolute atomic E-state index is 0.197. The molecule has 0 amide bonds. The summed E-state index contributed by atoms with van der Waals surface area (Å²) in [4.78, 5) is 41.4. The maximum Gasteiger partial charge on any atom is 0.321 e. The first-order chi connectivity index (χ1) is 21.9. The van der Waals surface area contributed by atoms with Crippen molar-refractivity contribution >= 4 is 17.9 Å². The Balaban J connectivity index is 1.79. The molecule has 3 N–H and O–H groups in total. The molecule has 47 heavy (non-hydrogen) atoms. The van der Waals surface area contributed by atoms with Crippen LogP contribution in [0.3, 0.4) is 0 Å². The number of rotatable bonds is 13. The lowest BCUT2D eigenvalue weighted by Gasteiger charge is -2.40. The SMILES string of the molecule is CC(C)C1CC(OC(=O)CC(C(=O)OC2CC(C(C)C)NC(C(C)C)C2)C(=O)OC2CC(C(C)C)NC(C(C)C)C2)CC(C(C)C)N1. The van der Waals surface area contributed by atoms with E-state index in [0.717, 1.165) is 0 Å². The maximum atomic E-state index is 13.9. The van der Waals surface area contributed by atoms with Gasteiger partial charge >= 0.3 is 17.9 Å². The van der Waals surface area contributed by atoms with Gasteiger partial charge in [-0.2, -0.15) is 0 Å². The standard InChI is InChI=1S/C38H69N3O6/c1-20(2)30-13-26(14-31(39-30)21(3)4)45-36(42)19-29(37(43)46-27-15-32(22(5)6)40-33(16-27)23(7)8)38(44)47-28-17-34(24(9)10)41-35(18-28)25(11)12/h20-35,39-41H,13-19H2,1-12H3. The Labute approximate surface area is 286 Å². The number of carbonyl (C=O) groups excluding carboxylic acids is 3. The Kier molecular flexibility index (Phi) is 15.0. The fourth-order valence-electron chi connectivity index (χ4n) is 7.45. The molecule has 3 saturated heterocycles. The quantitative estimate of drug-likeness (QED) is 0.124. The highest BCUT2D eigenvalue weighted by Crippen LogP contribution is 2.30. The lowest BCUT2D eigenvalue weighted by atomic mass is 9.85. The number of hydrogen-bond donors (Lipinski definition) is 3. The van der Waals surface area contributed by atoms with E-state index in [0.29, 0.717) is 74.0 Å². The van der Waals surface area contributed by atoms with Gasteiger partial charge in [0.2, 0.25) is 0 Å². The van der Waals surface area contributed by atoms with Crippen molar-refractivity contribution in [1.82, 2.24) is 16.0 Å². The Morgan fingerprint density at radius 3 is 0.915 bits per heavy atom. The Bertz CT molecular complexity index is 913. The molecule has 0 aromatic carbocycles.